The van der Waals surface area contributed by atoms with Crippen LogP contribution in [0.4, 0.5) is 0 Å². The first-order valence-electron chi connectivity index (χ1n) is 11.1. The molecule has 3 aromatic rings. The van der Waals surface area contributed by atoms with Gasteiger partial charge >= 0.3 is 0 Å². The fraction of sp³-hybridized carbons (Fsp3) is 0.222. The molecule has 0 bridgehead atoms. The van der Waals surface area contributed by atoms with Crippen molar-refractivity contribution in [1.29, 1.82) is 0 Å². The van der Waals surface area contributed by atoms with Crippen molar-refractivity contribution in [2.45, 2.75) is 18.9 Å². The molecular weight excluding hydrogens is 450 g/mol. The normalized spacial score (nSPS) is 16.2. The van der Waals surface area contributed by atoms with Crippen LogP contribution in [0.5, 0.6) is 23.0 Å². The summed E-state index contributed by atoms with van der Waals surface area (Å²) in [6.45, 7) is 0. The molecule has 1 heterocycles. The van der Waals surface area contributed by atoms with Crippen molar-refractivity contribution in [3.63, 3.8) is 0 Å². The number of nitrogens with zero attached hydrogens (tertiary/aromatic N) is 1. The number of fused-ring (bicyclic) bond motifs is 4. The van der Waals surface area contributed by atoms with Crippen molar-refractivity contribution in [1.82, 2.24) is 4.90 Å². The third-order valence-electron chi connectivity index (χ3n) is 6.62. The molecule has 0 radical (unpaired) electrons. The van der Waals surface area contributed by atoms with Gasteiger partial charge in [0, 0.05) is 5.56 Å². The summed E-state index contributed by atoms with van der Waals surface area (Å²) in [6, 6.07) is 12.0. The summed E-state index contributed by atoms with van der Waals surface area (Å²) in [4.78, 5) is 40.4. The number of imide groups is 1. The van der Waals surface area contributed by atoms with E-state index in [-0.39, 0.29) is 0 Å². The summed E-state index contributed by atoms with van der Waals surface area (Å²) in [5.74, 6) is -0.0700. The van der Waals surface area contributed by atoms with Crippen LogP contribution in [0.3, 0.4) is 0 Å². The first kappa shape index (κ1) is 22.5. The highest BCUT2D eigenvalue weighted by Gasteiger charge is 2.42. The molecule has 8 nitrogen and oxygen atoms in total. The molecule has 0 fully saturated rings. The molecule has 0 aromatic heterocycles. The van der Waals surface area contributed by atoms with Crippen LogP contribution >= 0.6 is 0 Å². The van der Waals surface area contributed by atoms with E-state index in [1.807, 2.05) is 6.07 Å². The van der Waals surface area contributed by atoms with Gasteiger partial charge in [-0.3, -0.25) is 19.3 Å². The number of hydrogen-bond acceptors (Lipinski definition) is 7. The number of methoxy groups -OCH3 is 3. The van der Waals surface area contributed by atoms with Gasteiger partial charge in [-0.15, -0.1) is 0 Å². The number of aryl methyl sites for hydroxylation is 1. The van der Waals surface area contributed by atoms with E-state index in [1.54, 1.807) is 30.3 Å². The van der Waals surface area contributed by atoms with Gasteiger partial charge in [0.1, 0.15) is 0 Å². The van der Waals surface area contributed by atoms with E-state index in [0.29, 0.717) is 57.9 Å². The van der Waals surface area contributed by atoms with Crippen molar-refractivity contribution >= 4 is 11.8 Å². The second-order valence-electron chi connectivity index (χ2n) is 8.36. The zero-order valence-corrected chi connectivity index (χ0v) is 19.5. The van der Waals surface area contributed by atoms with E-state index in [2.05, 4.69) is 0 Å². The van der Waals surface area contributed by atoms with Crippen LogP contribution in [0.15, 0.2) is 53.3 Å². The summed E-state index contributed by atoms with van der Waals surface area (Å²) in [5, 5.41) is 10.5. The highest BCUT2D eigenvalue weighted by atomic mass is 16.5. The Morgan fingerprint density at radius 1 is 0.829 bits per heavy atom. The lowest BCUT2D eigenvalue weighted by molar-refractivity contribution is 0.0575. The molecule has 1 aliphatic carbocycles. The largest absolute Gasteiger partial charge is 0.504 e. The van der Waals surface area contributed by atoms with Crippen molar-refractivity contribution in [3.8, 4) is 34.1 Å². The third kappa shape index (κ3) is 3.32. The summed E-state index contributed by atoms with van der Waals surface area (Å²) in [6.07, 6.45) is 0.829. The van der Waals surface area contributed by atoms with Crippen molar-refractivity contribution in [3.05, 3.63) is 81.0 Å². The maximum atomic E-state index is 13.4. The molecule has 8 heteroatoms. The Hall–Kier alpha value is -4.33. The third-order valence-corrected chi connectivity index (χ3v) is 6.62. The van der Waals surface area contributed by atoms with E-state index in [0.717, 1.165) is 5.56 Å². The average Bonchev–Trinajstić information content (AvgIpc) is 2.97. The van der Waals surface area contributed by atoms with Crippen LogP contribution in [0.1, 0.15) is 44.3 Å². The molecular formula is C27H23NO7. The molecule has 0 saturated carbocycles. The van der Waals surface area contributed by atoms with Gasteiger partial charge in [-0.25, -0.2) is 0 Å². The minimum absolute atomic E-state index is 0.329. The van der Waals surface area contributed by atoms with Crippen LogP contribution < -0.4 is 19.6 Å². The Bertz CT molecular complexity index is 1410. The van der Waals surface area contributed by atoms with Gasteiger partial charge in [-0.2, -0.15) is 0 Å². The van der Waals surface area contributed by atoms with Crippen LogP contribution in [0, 0.1) is 0 Å². The number of aromatic hydroxyl groups is 1. The van der Waals surface area contributed by atoms with Crippen LogP contribution in [-0.4, -0.2) is 43.2 Å². The zero-order chi connectivity index (χ0) is 24.9. The summed E-state index contributed by atoms with van der Waals surface area (Å²) >= 11 is 0. The lowest BCUT2D eigenvalue weighted by atomic mass is 9.95. The van der Waals surface area contributed by atoms with Gasteiger partial charge in [0.2, 0.25) is 11.2 Å². The molecule has 35 heavy (non-hydrogen) atoms. The molecule has 1 atom stereocenters. The highest BCUT2D eigenvalue weighted by Crippen LogP contribution is 2.51. The van der Waals surface area contributed by atoms with Crippen LogP contribution in [0.2, 0.25) is 0 Å². The highest BCUT2D eigenvalue weighted by molar-refractivity contribution is 6.21. The minimum Gasteiger partial charge on any atom is -0.504 e. The Labute approximate surface area is 201 Å². The number of rotatable bonds is 4. The molecule has 0 spiro atoms. The van der Waals surface area contributed by atoms with E-state index in [9.17, 15) is 19.5 Å². The lowest BCUT2D eigenvalue weighted by Crippen LogP contribution is -2.34. The molecule has 0 saturated heterocycles. The smallest absolute Gasteiger partial charge is 0.262 e. The SMILES string of the molecule is COc1cc2c(c(OC)c1OC)-c1ccc(=O)c(O)cc1C(N1C(=O)c3ccccc3C1=O)CC2. The fourth-order valence-corrected chi connectivity index (χ4v) is 5.05. The van der Waals surface area contributed by atoms with Gasteiger partial charge in [-0.1, -0.05) is 12.1 Å². The standard InChI is InChI=1S/C27H23NO7/c1-33-22-12-14-8-10-19(28-26(31)16-6-4-5-7-17(16)27(28)32)18-13-21(30)20(29)11-9-15(18)23(14)25(35-3)24(22)34-2/h4-7,9,11-13,19H,8,10H2,1-3H3,(H,29,30). The van der Waals surface area contributed by atoms with Gasteiger partial charge in [-0.05, 0) is 65.9 Å². The minimum atomic E-state index is -0.732. The predicted molar refractivity (Wildman–Crippen MR) is 127 cm³/mol. The van der Waals surface area contributed by atoms with Crippen molar-refractivity contribution < 1.29 is 28.9 Å². The maximum Gasteiger partial charge on any atom is 0.262 e. The Kier molecular flexibility index (Phi) is 5.43. The summed E-state index contributed by atoms with van der Waals surface area (Å²) < 4.78 is 16.8. The molecule has 2 aliphatic rings. The van der Waals surface area contributed by atoms with Gasteiger partial charge < -0.3 is 19.3 Å². The lowest BCUT2D eigenvalue weighted by Gasteiger charge is -2.26. The first-order chi connectivity index (χ1) is 16.9. The van der Waals surface area contributed by atoms with E-state index >= 15 is 0 Å². The summed E-state index contributed by atoms with van der Waals surface area (Å²) in [7, 11) is 4.53. The molecule has 2 amide bonds. The van der Waals surface area contributed by atoms with Crippen LogP contribution in [-0.2, 0) is 6.42 Å². The maximum absolute atomic E-state index is 13.4. The second-order valence-corrected chi connectivity index (χ2v) is 8.36. The Morgan fingerprint density at radius 3 is 2.09 bits per heavy atom. The number of ether oxygens (including phenoxy) is 3. The van der Waals surface area contributed by atoms with E-state index in [1.165, 1.54) is 38.4 Å². The van der Waals surface area contributed by atoms with E-state index < -0.39 is 29.0 Å². The predicted octanol–water partition coefficient (Wildman–Crippen LogP) is 3.73. The number of benzene rings is 2. The molecule has 178 valence electrons. The Morgan fingerprint density at radius 2 is 1.49 bits per heavy atom. The zero-order valence-electron chi connectivity index (χ0n) is 19.5. The van der Waals surface area contributed by atoms with Gasteiger partial charge in [0.05, 0.1) is 38.5 Å². The first-order valence-corrected chi connectivity index (χ1v) is 11.1. The average molecular weight is 473 g/mol. The Balaban J connectivity index is 1.80. The summed E-state index contributed by atoms with van der Waals surface area (Å²) in [5.41, 5.74) is 2.57. The van der Waals surface area contributed by atoms with Crippen molar-refractivity contribution in [2.24, 2.45) is 0 Å². The van der Waals surface area contributed by atoms with Crippen molar-refractivity contribution in [2.75, 3.05) is 21.3 Å². The topological polar surface area (TPSA) is 102 Å². The quantitative estimate of drug-likeness (QED) is 0.576. The molecule has 1 aliphatic heterocycles. The number of amides is 2. The molecule has 3 aromatic carbocycles. The second kappa shape index (κ2) is 8.47. The molecule has 1 unspecified atom stereocenters. The number of hydrogen-bond donors (Lipinski definition) is 1. The van der Waals surface area contributed by atoms with E-state index in [4.69, 9.17) is 14.2 Å². The molecule has 5 rings (SSSR count). The molecule has 1 N–H and O–H groups in total. The fourth-order valence-electron chi connectivity index (χ4n) is 5.05. The van der Waals surface area contributed by atoms with Gasteiger partial charge in [0.15, 0.2) is 17.2 Å². The number of carbonyl (C=O) groups excluding carboxylic acids is 2. The van der Waals surface area contributed by atoms with Gasteiger partial charge in [0.25, 0.3) is 11.8 Å². The number of carbonyl (C=O) groups is 2. The van der Waals surface area contributed by atoms with Crippen LogP contribution in [0.25, 0.3) is 11.1 Å². The monoisotopic (exact) mass is 473 g/mol.